The van der Waals surface area contributed by atoms with Crippen molar-refractivity contribution in [2.75, 3.05) is 6.61 Å². The maximum Gasteiger partial charge on any atom is 0.328 e. The van der Waals surface area contributed by atoms with Crippen molar-refractivity contribution < 1.29 is 5.11 Å². The summed E-state index contributed by atoms with van der Waals surface area (Å²) in [5.41, 5.74) is 0.619. The zero-order valence-corrected chi connectivity index (χ0v) is 8.86. The van der Waals surface area contributed by atoms with Crippen LogP contribution in [0.1, 0.15) is 5.56 Å². The normalized spacial score (nSPS) is 10.9. The van der Waals surface area contributed by atoms with Crippen molar-refractivity contribution in [3.8, 4) is 0 Å². The summed E-state index contributed by atoms with van der Waals surface area (Å²) in [5, 5.41) is 9.25. The molecule has 0 aliphatic rings. The zero-order chi connectivity index (χ0) is 11.7. The molecule has 0 saturated carbocycles. The molecule has 0 radical (unpaired) electrons. The number of benzene rings is 1. The fourth-order valence-corrected chi connectivity index (χ4v) is 1.67. The quantitative estimate of drug-likeness (QED) is 0.747. The lowest BCUT2D eigenvalue weighted by Gasteiger charge is -2.04. The van der Waals surface area contributed by atoms with Gasteiger partial charge < -0.3 is 10.1 Å². The molecular formula is C11H12N2O3. The summed E-state index contributed by atoms with van der Waals surface area (Å²) in [6.07, 6.45) is 0. The standard InChI is InChI=1S/C11H12N2O3/c1-7-2-3-9-8(6-7)10(15)13(4-5-14)11(16)12-9/h2-3,6,14H,4-5H2,1H3,(H,12,16). The molecule has 84 valence electrons. The lowest BCUT2D eigenvalue weighted by atomic mass is 10.2. The molecule has 16 heavy (non-hydrogen) atoms. The number of aliphatic hydroxyl groups is 1. The first-order valence-corrected chi connectivity index (χ1v) is 4.98. The minimum Gasteiger partial charge on any atom is -0.395 e. The molecule has 0 amide bonds. The van der Waals surface area contributed by atoms with E-state index in [1.807, 2.05) is 13.0 Å². The fourth-order valence-electron chi connectivity index (χ4n) is 1.67. The molecule has 0 unspecified atom stereocenters. The largest absolute Gasteiger partial charge is 0.395 e. The van der Waals surface area contributed by atoms with Crippen LogP contribution < -0.4 is 11.2 Å². The summed E-state index contributed by atoms with van der Waals surface area (Å²) in [6.45, 7) is 1.65. The summed E-state index contributed by atoms with van der Waals surface area (Å²) in [6, 6.07) is 5.26. The second-order valence-electron chi connectivity index (χ2n) is 3.66. The Kier molecular flexibility index (Phi) is 2.62. The molecule has 5 nitrogen and oxygen atoms in total. The van der Waals surface area contributed by atoms with Crippen molar-refractivity contribution >= 4 is 10.9 Å². The second kappa shape index (κ2) is 3.94. The van der Waals surface area contributed by atoms with E-state index in [-0.39, 0.29) is 18.7 Å². The highest BCUT2D eigenvalue weighted by Gasteiger charge is 2.06. The third kappa shape index (κ3) is 1.65. The number of hydrogen-bond donors (Lipinski definition) is 2. The molecule has 5 heteroatoms. The van der Waals surface area contributed by atoms with E-state index in [2.05, 4.69) is 4.98 Å². The van der Waals surface area contributed by atoms with Crippen LogP contribution in [-0.2, 0) is 6.54 Å². The zero-order valence-electron chi connectivity index (χ0n) is 8.86. The highest BCUT2D eigenvalue weighted by atomic mass is 16.3. The number of fused-ring (bicyclic) bond motifs is 1. The molecule has 2 aromatic rings. The molecule has 1 aromatic heterocycles. The molecule has 1 aromatic carbocycles. The minimum atomic E-state index is -0.490. The van der Waals surface area contributed by atoms with Crippen LogP contribution in [0.5, 0.6) is 0 Å². The van der Waals surface area contributed by atoms with Crippen LogP contribution in [0.25, 0.3) is 10.9 Å². The van der Waals surface area contributed by atoms with Crippen LogP contribution in [0.4, 0.5) is 0 Å². The molecule has 0 aliphatic heterocycles. The maximum atomic E-state index is 11.9. The Bertz CT molecular complexity index is 640. The van der Waals surface area contributed by atoms with Gasteiger partial charge in [-0.1, -0.05) is 11.6 Å². The monoisotopic (exact) mass is 220 g/mol. The molecule has 0 atom stereocenters. The molecule has 2 N–H and O–H groups in total. The van der Waals surface area contributed by atoms with Crippen LogP contribution >= 0.6 is 0 Å². The van der Waals surface area contributed by atoms with Crippen molar-refractivity contribution in [2.45, 2.75) is 13.5 Å². The Balaban J connectivity index is 2.85. The van der Waals surface area contributed by atoms with Crippen molar-refractivity contribution in [1.29, 1.82) is 0 Å². The van der Waals surface area contributed by atoms with Crippen molar-refractivity contribution in [3.63, 3.8) is 0 Å². The van der Waals surface area contributed by atoms with Gasteiger partial charge in [-0.25, -0.2) is 4.79 Å². The number of H-pyrrole nitrogens is 1. The van der Waals surface area contributed by atoms with Gasteiger partial charge in [0, 0.05) is 0 Å². The third-order valence-electron chi connectivity index (χ3n) is 2.46. The second-order valence-corrected chi connectivity index (χ2v) is 3.66. The first-order chi connectivity index (χ1) is 7.63. The predicted octanol–water partition coefficient (Wildman–Crippen LogP) is -0.00948. The molecule has 0 spiro atoms. The van der Waals surface area contributed by atoms with Gasteiger partial charge in [0.2, 0.25) is 0 Å². The van der Waals surface area contributed by atoms with Gasteiger partial charge in [0.05, 0.1) is 24.1 Å². The predicted molar refractivity (Wildman–Crippen MR) is 60.7 cm³/mol. The number of nitrogens with one attached hydrogen (secondary N) is 1. The Morgan fingerprint density at radius 2 is 2.12 bits per heavy atom. The van der Waals surface area contributed by atoms with E-state index in [0.717, 1.165) is 10.1 Å². The van der Waals surface area contributed by atoms with E-state index in [9.17, 15) is 9.59 Å². The SMILES string of the molecule is Cc1ccc2[nH]c(=O)n(CCO)c(=O)c2c1. The number of nitrogens with zero attached hydrogens (tertiary/aromatic N) is 1. The number of aliphatic hydroxyl groups excluding tert-OH is 1. The van der Waals surface area contributed by atoms with Crippen LogP contribution in [0.15, 0.2) is 27.8 Å². The summed E-state index contributed by atoms with van der Waals surface area (Å²) in [4.78, 5) is 26.1. The first kappa shape index (κ1) is 10.6. The number of aryl methyl sites for hydroxylation is 1. The Morgan fingerprint density at radius 3 is 2.81 bits per heavy atom. The van der Waals surface area contributed by atoms with Gasteiger partial charge in [0.25, 0.3) is 5.56 Å². The smallest absolute Gasteiger partial charge is 0.328 e. The first-order valence-electron chi connectivity index (χ1n) is 4.98. The van der Waals surface area contributed by atoms with Crippen LogP contribution in [0.2, 0.25) is 0 Å². The molecule has 2 rings (SSSR count). The molecule has 1 heterocycles. The lowest BCUT2D eigenvalue weighted by Crippen LogP contribution is -2.35. The molecule has 0 aliphatic carbocycles. The number of hydrogen-bond acceptors (Lipinski definition) is 3. The van der Waals surface area contributed by atoms with E-state index >= 15 is 0 Å². The van der Waals surface area contributed by atoms with E-state index in [4.69, 9.17) is 5.11 Å². The molecule has 0 fully saturated rings. The average molecular weight is 220 g/mol. The van der Waals surface area contributed by atoms with E-state index in [0.29, 0.717) is 10.9 Å². The highest BCUT2D eigenvalue weighted by molar-refractivity contribution is 5.77. The third-order valence-corrected chi connectivity index (χ3v) is 2.46. The van der Waals surface area contributed by atoms with Crippen molar-refractivity contribution in [2.24, 2.45) is 0 Å². The highest BCUT2D eigenvalue weighted by Crippen LogP contribution is 2.07. The summed E-state index contributed by atoms with van der Waals surface area (Å²) in [7, 11) is 0. The van der Waals surface area contributed by atoms with Gasteiger partial charge in [0.15, 0.2) is 0 Å². The van der Waals surface area contributed by atoms with Gasteiger partial charge in [0.1, 0.15) is 0 Å². The Hall–Kier alpha value is -1.88. The van der Waals surface area contributed by atoms with E-state index in [1.54, 1.807) is 12.1 Å². The van der Waals surface area contributed by atoms with Crippen molar-refractivity contribution in [3.05, 3.63) is 44.6 Å². The Labute approximate surface area is 91.0 Å². The Morgan fingerprint density at radius 1 is 1.38 bits per heavy atom. The molecule has 0 bridgehead atoms. The van der Waals surface area contributed by atoms with Gasteiger partial charge in [-0.3, -0.25) is 9.36 Å². The minimum absolute atomic E-state index is 0.0120. The van der Waals surface area contributed by atoms with Crippen LogP contribution in [0.3, 0.4) is 0 Å². The summed E-state index contributed by atoms with van der Waals surface area (Å²) >= 11 is 0. The number of aromatic nitrogens is 2. The van der Waals surface area contributed by atoms with Crippen molar-refractivity contribution in [1.82, 2.24) is 9.55 Å². The number of rotatable bonds is 2. The fraction of sp³-hybridized carbons (Fsp3) is 0.273. The maximum absolute atomic E-state index is 11.9. The van der Waals surface area contributed by atoms with E-state index in [1.165, 1.54) is 0 Å². The lowest BCUT2D eigenvalue weighted by molar-refractivity contribution is 0.272. The van der Waals surface area contributed by atoms with Gasteiger partial charge in [-0.2, -0.15) is 0 Å². The van der Waals surface area contributed by atoms with E-state index < -0.39 is 5.69 Å². The van der Waals surface area contributed by atoms with Crippen LogP contribution in [-0.4, -0.2) is 21.3 Å². The molecular weight excluding hydrogens is 208 g/mol. The topological polar surface area (TPSA) is 75.1 Å². The van der Waals surface area contributed by atoms with Gasteiger partial charge in [-0.05, 0) is 19.1 Å². The average Bonchev–Trinajstić information content (AvgIpc) is 2.26. The van der Waals surface area contributed by atoms with Gasteiger partial charge >= 0.3 is 5.69 Å². The summed E-state index contributed by atoms with van der Waals surface area (Å²) < 4.78 is 1.00. The number of aromatic amines is 1. The van der Waals surface area contributed by atoms with Gasteiger partial charge in [-0.15, -0.1) is 0 Å². The van der Waals surface area contributed by atoms with Crippen LogP contribution in [0, 0.1) is 6.92 Å². The summed E-state index contributed by atoms with van der Waals surface area (Å²) in [5.74, 6) is 0. The molecule has 0 saturated heterocycles.